The molecule has 0 heterocycles. The molecule has 0 spiro atoms. The highest BCUT2D eigenvalue weighted by Crippen LogP contribution is 2.28. The lowest BCUT2D eigenvalue weighted by atomic mass is 10.0. The zero-order chi connectivity index (χ0) is 17.6. The second-order valence-corrected chi connectivity index (χ2v) is 5.36. The van der Waals surface area contributed by atoms with Gasteiger partial charge in [-0.25, -0.2) is 4.79 Å². The highest BCUT2D eigenvalue weighted by atomic mass is 16.6. The molecule has 5 heteroatoms. The average Bonchev–Trinajstić information content (AvgIpc) is 2.63. The number of methoxy groups -OCH3 is 1. The highest BCUT2D eigenvalue weighted by Gasteiger charge is 2.10. The molecule has 0 fully saturated rings. The standard InChI is InChI=1S/C20H18N2O3/c1-24-16-10-12-17(13-11-16)25-20(23)22-19-5-3-2-4-18(19)14-6-8-15(21)9-7-14/h2-13H,21H2,1H3,(H,22,23). The van der Waals surface area contributed by atoms with E-state index in [1.807, 2.05) is 48.5 Å². The molecule has 3 N–H and O–H groups in total. The second kappa shape index (κ2) is 7.40. The Balaban J connectivity index is 1.76. The van der Waals surface area contributed by atoms with Crippen molar-refractivity contribution in [1.29, 1.82) is 0 Å². The van der Waals surface area contributed by atoms with Crippen molar-refractivity contribution in [3.8, 4) is 22.6 Å². The summed E-state index contributed by atoms with van der Waals surface area (Å²) in [5, 5.41) is 2.78. The summed E-state index contributed by atoms with van der Waals surface area (Å²) < 4.78 is 10.4. The lowest BCUT2D eigenvalue weighted by Gasteiger charge is -2.12. The van der Waals surface area contributed by atoms with Crippen LogP contribution in [0.1, 0.15) is 0 Å². The number of para-hydroxylation sites is 1. The van der Waals surface area contributed by atoms with Gasteiger partial charge in [-0.15, -0.1) is 0 Å². The summed E-state index contributed by atoms with van der Waals surface area (Å²) in [5.74, 6) is 1.13. The molecule has 25 heavy (non-hydrogen) atoms. The maximum Gasteiger partial charge on any atom is 0.417 e. The summed E-state index contributed by atoms with van der Waals surface area (Å²) >= 11 is 0. The maximum absolute atomic E-state index is 12.2. The number of amides is 1. The number of nitrogen functional groups attached to an aromatic ring is 1. The first kappa shape index (κ1) is 16.4. The fourth-order valence-electron chi connectivity index (χ4n) is 2.39. The largest absolute Gasteiger partial charge is 0.497 e. The van der Waals surface area contributed by atoms with Crippen molar-refractivity contribution in [3.63, 3.8) is 0 Å². The quantitative estimate of drug-likeness (QED) is 0.686. The van der Waals surface area contributed by atoms with Crippen molar-refractivity contribution in [2.75, 3.05) is 18.2 Å². The third-order valence-electron chi connectivity index (χ3n) is 3.66. The Kier molecular flexibility index (Phi) is 4.85. The van der Waals surface area contributed by atoms with E-state index in [9.17, 15) is 4.79 Å². The Bertz CT molecular complexity index is 859. The summed E-state index contributed by atoms with van der Waals surface area (Å²) in [6.45, 7) is 0. The van der Waals surface area contributed by atoms with Crippen LogP contribution in [0.2, 0.25) is 0 Å². The summed E-state index contributed by atoms with van der Waals surface area (Å²) in [5.41, 5.74) is 8.91. The maximum atomic E-state index is 12.2. The lowest BCUT2D eigenvalue weighted by molar-refractivity contribution is 0.215. The summed E-state index contributed by atoms with van der Waals surface area (Å²) in [4.78, 5) is 12.2. The first-order valence-electron chi connectivity index (χ1n) is 7.73. The molecule has 3 aromatic carbocycles. The van der Waals surface area contributed by atoms with Crippen LogP contribution in [0.5, 0.6) is 11.5 Å². The van der Waals surface area contributed by atoms with E-state index < -0.39 is 6.09 Å². The van der Waals surface area contributed by atoms with Crippen LogP contribution < -0.4 is 20.5 Å². The lowest BCUT2D eigenvalue weighted by Crippen LogP contribution is -2.17. The Morgan fingerprint density at radius 3 is 2.20 bits per heavy atom. The molecule has 3 aromatic rings. The Morgan fingerprint density at radius 1 is 0.880 bits per heavy atom. The normalized spacial score (nSPS) is 10.1. The monoisotopic (exact) mass is 334 g/mol. The van der Waals surface area contributed by atoms with Gasteiger partial charge < -0.3 is 15.2 Å². The fourth-order valence-corrected chi connectivity index (χ4v) is 2.39. The SMILES string of the molecule is COc1ccc(OC(=O)Nc2ccccc2-c2ccc(N)cc2)cc1. The van der Waals surface area contributed by atoms with Crippen molar-refractivity contribution < 1.29 is 14.3 Å². The number of rotatable bonds is 4. The molecule has 0 saturated heterocycles. The van der Waals surface area contributed by atoms with E-state index in [0.717, 1.165) is 11.1 Å². The highest BCUT2D eigenvalue weighted by molar-refractivity contribution is 5.92. The van der Waals surface area contributed by atoms with Crippen LogP contribution in [0.15, 0.2) is 72.8 Å². The predicted octanol–water partition coefficient (Wildman–Crippen LogP) is 4.56. The molecular formula is C20H18N2O3. The Hall–Kier alpha value is -3.47. The first-order valence-corrected chi connectivity index (χ1v) is 7.73. The first-order chi connectivity index (χ1) is 12.2. The third-order valence-corrected chi connectivity index (χ3v) is 3.66. The van der Waals surface area contributed by atoms with Crippen molar-refractivity contribution in [2.24, 2.45) is 0 Å². The van der Waals surface area contributed by atoms with Gasteiger partial charge in [-0.1, -0.05) is 30.3 Å². The molecule has 3 rings (SSSR count). The molecule has 0 aliphatic heterocycles. The van der Waals surface area contributed by atoms with Crippen LogP contribution in [0.4, 0.5) is 16.2 Å². The van der Waals surface area contributed by atoms with E-state index in [1.165, 1.54) is 0 Å². The van der Waals surface area contributed by atoms with Crippen LogP contribution in [-0.2, 0) is 0 Å². The zero-order valence-corrected chi connectivity index (χ0v) is 13.7. The van der Waals surface area contributed by atoms with Crippen molar-refractivity contribution >= 4 is 17.5 Å². The summed E-state index contributed by atoms with van der Waals surface area (Å²) in [6.07, 6.45) is -0.562. The molecule has 0 aliphatic carbocycles. The van der Waals surface area contributed by atoms with Crippen molar-refractivity contribution in [3.05, 3.63) is 72.8 Å². The molecular weight excluding hydrogens is 316 g/mol. The van der Waals surface area contributed by atoms with Gasteiger partial charge in [0, 0.05) is 11.3 Å². The van der Waals surface area contributed by atoms with E-state index in [1.54, 1.807) is 31.4 Å². The molecule has 1 amide bonds. The number of ether oxygens (including phenoxy) is 2. The van der Waals surface area contributed by atoms with Crippen LogP contribution in [0, 0.1) is 0 Å². The van der Waals surface area contributed by atoms with Gasteiger partial charge in [0.25, 0.3) is 0 Å². The van der Waals surface area contributed by atoms with Gasteiger partial charge in [-0.2, -0.15) is 0 Å². The number of hydrogen-bond acceptors (Lipinski definition) is 4. The number of carbonyl (C=O) groups excluding carboxylic acids is 1. The number of nitrogens with one attached hydrogen (secondary N) is 1. The van der Waals surface area contributed by atoms with Crippen LogP contribution >= 0.6 is 0 Å². The molecule has 0 bridgehead atoms. The Morgan fingerprint density at radius 2 is 1.52 bits per heavy atom. The van der Waals surface area contributed by atoms with Crippen LogP contribution in [0.25, 0.3) is 11.1 Å². The van der Waals surface area contributed by atoms with Gasteiger partial charge in [0.1, 0.15) is 11.5 Å². The average molecular weight is 334 g/mol. The van der Waals surface area contributed by atoms with Crippen molar-refractivity contribution in [2.45, 2.75) is 0 Å². The molecule has 126 valence electrons. The van der Waals surface area contributed by atoms with E-state index in [2.05, 4.69) is 5.32 Å². The minimum atomic E-state index is -0.562. The fraction of sp³-hybridized carbons (Fsp3) is 0.0500. The van der Waals surface area contributed by atoms with Crippen LogP contribution in [0.3, 0.4) is 0 Å². The predicted molar refractivity (Wildman–Crippen MR) is 98.9 cm³/mol. The second-order valence-electron chi connectivity index (χ2n) is 5.36. The summed E-state index contributed by atoms with van der Waals surface area (Å²) in [6, 6.07) is 21.8. The smallest absolute Gasteiger partial charge is 0.417 e. The van der Waals surface area contributed by atoms with Gasteiger partial charge in [-0.05, 0) is 48.0 Å². The topological polar surface area (TPSA) is 73.6 Å². The molecule has 5 nitrogen and oxygen atoms in total. The number of anilines is 2. The number of nitrogens with two attached hydrogens (primary N) is 1. The van der Waals surface area contributed by atoms with E-state index in [0.29, 0.717) is 22.9 Å². The van der Waals surface area contributed by atoms with E-state index in [-0.39, 0.29) is 0 Å². The number of hydrogen-bond donors (Lipinski definition) is 2. The van der Waals surface area contributed by atoms with Gasteiger partial charge in [0.2, 0.25) is 0 Å². The number of carbonyl (C=O) groups is 1. The molecule has 0 atom stereocenters. The number of benzene rings is 3. The zero-order valence-electron chi connectivity index (χ0n) is 13.7. The van der Waals surface area contributed by atoms with Gasteiger partial charge in [-0.3, -0.25) is 5.32 Å². The minimum Gasteiger partial charge on any atom is -0.497 e. The Labute approximate surface area is 146 Å². The minimum absolute atomic E-state index is 0.434. The van der Waals surface area contributed by atoms with Gasteiger partial charge in [0.15, 0.2) is 0 Å². The molecule has 0 unspecified atom stereocenters. The van der Waals surface area contributed by atoms with E-state index in [4.69, 9.17) is 15.2 Å². The molecule has 0 radical (unpaired) electrons. The van der Waals surface area contributed by atoms with Gasteiger partial charge >= 0.3 is 6.09 Å². The third kappa shape index (κ3) is 4.09. The van der Waals surface area contributed by atoms with Crippen LogP contribution in [-0.4, -0.2) is 13.2 Å². The molecule has 0 aromatic heterocycles. The van der Waals surface area contributed by atoms with E-state index >= 15 is 0 Å². The molecule has 0 saturated carbocycles. The molecule has 0 aliphatic rings. The van der Waals surface area contributed by atoms with Gasteiger partial charge in [0.05, 0.1) is 12.8 Å². The van der Waals surface area contributed by atoms with Crippen molar-refractivity contribution in [1.82, 2.24) is 0 Å². The summed E-state index contributed by atoms with van der Waals surface area (Å²) in [7, 11) is 1.58.